The maximum Gasteiger partial charge on any atom is 0.0629 e. The molecule has 0 heterocycles. The Morgan fingerprint density at radius 3 is 1.44 bits per heavy atom. The highest BCUT2D eigenvalue weighted by molar-refractivity contribution is 4.74. The quantitative estimate of drug-likeness (QED) is 0.628. The van der Waals surface area contributed by atoms with Gasteiger partial charge in [-0.15, -0.1) is 0 Å². The molecule has 0 fully saturated rings. The van der Waals surface area contributed by atoms with Crippen molar-refractivity contribution in [3.63, 3.8) is 0 Å². The first-order valence-corrected chi connectivity index (χ1v) is 6.18. The number of aliphatic hydroxyl groups excluding tert-OH is 1. The van der Waals surface area contributed by atoms with Crippen molar-refractivity contribution in [2.45, 2.75) is 39.0 Å². The first-order valence-electron chi connectivity index (χ1n) is 6.18. The van der Waals surface area contributed by atoms with Crippen LogP contribution in [0, 0.1) is 0 Å². The van der Waals surface area contributed by atoms with Crippen molar-refractivity contribution in [1.82, 2.24) is 14.7 Å². The lowest BCUT2D eigenvalue weighted by atomic mass is 10.2. The van der Waals surface area contributed by atoms with Crippen molar-refractivity contribution in [2.75, 3.05) is 41.3 Å². The van der Waals surface area contributed by atoms with E-state index in [1.165, 1.54) is 0 Å². The summed E-state index contributed by atoms with van der Waals surface area (Å²) < 4.78 is 0. The Morgan fingerprint density at radius 1 is 0.875 bits per heavy atom. The van der Waals surface area contributed by atoms with Crippen molar-refractivity contribution in [3.8, 4) is 0 Å². The minimum absolute atomic E-state index is 0.217. The molecular weight excluding hydrogens is 202 g/mol. The Labute approximate surface area is 101 Å². The molecule has 0 aliphatic rings. The van der Waals surface area contributed by atoms with Crippen molar-refractivity contribution >= 4 is 0 Å². The molecule has 4 nitrogen and oxygen atoms in total. The van der Waals surface area contributed by atoms with Gasteiger partial charge in [-0.2, -0.15) is 0 Å². The van der Waals surface area contributed by atoms with Gasteiger partial charge in [-0.1, -0.05) is 13.8 Å². The average molecular weight is 231 g/mol. The lowest BCUT2D eigenvalue weighted by molar-refractivity contribution is -0.0282. The molecule has 0 rings (SSSR count). The summed E-state index contributed by atoms with van der Waals surface area (Å²) in [5.74, 6) is 0. The maximum atomic E-state index is 9.21. The second-order valence-electron chi connectivity index (χ2n) is 4.67. The van der Waals surface area contributed by atoms with E-state index in [9.17, 15) is 5.11 Å². The smallest absolute Gasteiger partial charge is 0.0629 e. The Bertz CT molecular complexity index is 158. The monoisotopic (exact) mass is 231 g/mol. The van der Waals surface area contributed by atoms with E-state index < -0.39 is 0 Å². The van der Waals surface area contributed by atoms with E-state index in [1.807, 2.05) is 0 Å². The SMILES string of the molecule is CCC(N(C)C)N(CCO)C(CC)N(C)C. The van der Waals surface area contributed by atoms with Gasteiger partial charge in [0.15, 0.2) is 0 Å². The summed E-state index contributed by atoms with van der Waals surface area (Å²) in [5, 5.41) is 9.21. The molecule has 0 aromatic heterocycles. The molecule has 0 aromatic carbocycles. The van der Waals surface area contributed by atoms with Gasteiger partial charge in [0.2, 0.25) is 0 Å². The van der Waals surface area contributed by atoms with Gasteiger partial charge in [0.05, 0.1) is 18.9 Å². The molecule has 0 spiro atoms. The second kappa shape index (κ2) is 8.01. The summed E-state index contributed by atoms with van der Waals surface area (Å²) in [6, 6.07) is 0. The van der Waals surface area contributed by atoms with Crippen molar-refractivity contribution in [2.24, 2.45) is 0 Å². The van der Waals surface area contributed by atoms with Gasteiger partial charge in [-0.05, 0) is 41.0 Å². The molecule has 16 heavy (non-hydrogen) atoms. The van der Waals surface area contributed by atoms with Gasteiger partial charge in [0.25, 0.3) is 0 Å². The van der Waals surface area contributed by atoms with Gasteiger partial charge in [0.1, 0.15) is 0 Å². The molecule has 0 aliphatic carbocycles. The zero-order valence-electron chi connectivity index (χ0n) is 11.8. The zero-order chi connectivity index (χ0) is 12.7. The van der Waals surface area contributed by atoms with Crippen LogP contribution in [0.15, 0.2) is 0 Å². The predicted octanol–water partition coefficient (Wildman–Crippen LogP) is 0.876. The second-order valence-corrected chi connectivity index (χ2v) is 4.67. The minimum atomic E-state index is 0.217. The summed E-state index contributed by atoms with van der Waals surface area (Å²) in [6.45, 7) is 5.33. The molecule has 0 saturated carbocycles. The molecule has 0 aliphatic heterocycles. The van der Waals surface area contributed by atoms with Crippen LogP contribution >= 0.6 is 0 Å². The number of aliphatic hydroxyl groups is 1. The van der Waals surface area contributed by atoms with E-state index in [0.29, 0.717) is 12.3 Å². The summed E-state index contributed by atoms with van der Waals surface area (Å²) in [7, 11) is 8.39. The highest BCUT2D eigenvalue weighted by Crippen LogP contribution is 2.15. The molecule has 0 radical (unpaired) electrons. The van der Waals surface area contributed by atoms with Crippen LogP contribution in [-0.2, 0) is 0 Å². The summed E-state index contributed by atoms with van der Waals surface area (Å²) >= 11 is 0. The summed E-state index contributed by atoms with van der Waals surface area (Å²) in [4.78, 5) is 6.82. The fraction of sp³-hybridized carbons (Fsp3) is 1.00. The Hall–Kier alpha value is -0.160. The van der Waals surface area contributed by atoms with E-state index in [1.54, 1.807) is 0 Å². The summed E-state index contributed by atoms with van der Waals surface area (Å²) in [6.07, 6.45) is 2.91. The van der Waals surface area contributed by atoms with Crippen LogP contribution < -0.4 is 0 Å². The van der Waals surface area contributed by atoms with Crippen LogP contribution in [0.4, 0.5) is 0 Å². The molecule has 98 valence electrons. The van der Waals surface area contributed by atoms with Crippen molar-refractivity contribution in [3.05, 3.63) is 0 Å². The van der Waals surface area contributed by atoms with Crippen LogP contribution in [0.25, 0.3) is 0 Å². The fourth-order valence-corrected chi connectivity index (χ4v) is 2.40. The van der Waals surface area contributed by atoms with Gasteiger partial charge < -0.3 is 5.11 Å². The van der Waals surface area contributed by atoms with E-state index in [0.717, 1.165) is 19.4 Å². The normalized spacial score (nSPS) is 16.1. The lowest BCUT2D eigenvalue weighted by Crippen LogP contribution is -2.55. The van der Waals surface area contributed by atoms with Crippen LogP contribution in [-0.4, -0.2) is 73.5 Å². The first-order chi connectivity index (χ1) is 7.49. The molecular formula is C12H29N3O. The molecule has 2 unspecified atom stereocenters. The highest BCUT2D eigenvalue weighted by Gasteiger charge is 2.26. The molecule has 0 amide bonds. The Balaban J connectivity index is 4.79. The number of hydrogen-bond donors (Lipinski definition) is 1. The van der Waals surface area contributed by atoms with E-state index in [-0.39, 0.29) is 6.61 Å². The van der Waals surface area contributed by atoms with E-state index >= 15 is 0 Å². The van der Waals surface area contributed by atoms with Gasteiger partial charge in [-0.3, -0.25) is 14.7 Å². The number of hydrogen-bond acceptors (Lipinski definition) is 4. The topological polar surface area (TPSA) is 30.0 Å². The van der Waals surface area contributed by atoms with Crippen molar-refractivity contribution < 1.29 is 5.11 Å². The van der Waals surface area contributed by atoms with Crippen LogP contribution in [0.3, 0.4) is 0 Å². The number of rotatable bonds is 8. The third-order valence-corrected chi connectivity index (χ3v) is 3.05. The van der Waals surface area contributed by atoms with Crippen LogP contribution in [0.2, 0.25) is 0 Å². The van der Waals surface area contributed by atoms with E-state index in [2.05, 4.69) is 56.7 Å². The largest absolute Gasteiger partial charge is 0.395 e. The van der Waals surface area contributed by atoms with Crippen LogP contribution in [0.5, 0.6) is 0 Å². The molecule has 0 bridgehead atoms. The third-order valence-electron chi connectivity index (χ3n) is 3.05. The van der Waals surface area contributed by atoms with E-state index in [4.69, 9.17) is 0 Å². The third kappa shape index (κ3) is 4.37. The average Bonchev–Trinajstić information content (AvgIpc) is 2.18. The molecule has 0 aromatic rings. The molecule has 2 atom stereocenters. The minimum Gasteiger partial charge on any atom is -0.395 e. The van der Waals surface area contributed by atoms with Gasteiger partial charge in [0, 0.05) is 6.54 Å². The molecule has 1 N–H and O–H groups in total. The predicted molar refractivity (Wildman–Crippen MR) is 69.3 cm³/mol. The number of nitrogens with zero attached hydrogens (tertiary/aromatic N) is 3. The standard InChI is InChI=1S/C12H29N3O/c1-7-11(13(3)4)15(9-10-16)12(8-2)14(5)6/h11-12,16H,7-10H2,1-6H3. The lowest BCUT2D eigenvalue weighted by Gasteiger charge is -2.43. The van der Waals surface area contributed by atoms with Crippen molar-refractivity contribution in [1.29, 1.82) is 0 Å². The molecule has 0 saturated heterocycles. The maximum absolute atomic E-state index is 9.21. The Kier molecular flexibility index (Phi) is 7.93. The zero-order valence-corrected chi connectivity index (χ0v) is 11.8. The fourth-order valence-electron chi connectivity index (χ4n) is 2.40. The Morgan fingerprint density at radius 2 is 1.25 bits per heavy atom. The summed E-state index contributed by atoms with van der Waals surface area (Å²) in [5.41, 5.74) is 0. The van der Waals surface area contributed by atoms with Gasteiger partial charge >= 0.3 is 0 Å². The van der Waals surface area contributed by atoms with Gasteiger partial charge in [-0.25, -0.2) is 0 Å². The highest BCUT2D eigenvalue weighted by atomic mass is 16.3. The van der Waals surface area contributed by atoms with Crippen LogP contribution in [0.1, 0.15) is 26.7 Å². The molecule has 4 heteroatoms. The first kappa shape index (κ1) is 15.8.